The molecule has 4 rings (SSSR count). The summed E-state index contributed by atoms with van der Waals surface area (Å²) in [4.78, 5) is 2.49. The van der Waals surface area contributed by atoms with Crippen LogP contribution >= 0.6 is 0 Å². The Kier molecular flexibility index (Phi) is 8.59. The lowest BCUT2D eigenvalue weighted by Gasteiger charge is -2.29. The normalized spacial score (nSPS) is 19.0. The second-order valence-corrected chi connectivity index (χ2v) is 11.9. The van der Waals surface area contributed by atoms with E-state index in [1.807, 2.05) is 0 Å². The van der Waals surface area contributed by atoms with Crippen molar-refractivity contribution in [2.75, 3.05) is 23.3 Å². The molecule has 0 aromatic heterocycles. The Morgan fingerprint density at radius 1 is 1.03 bits per heavy atom. The maximum Gasteiger partial charge on any atom is 0.0450 e. The van der Waals surface area contributed by atoms with Crippen LogP contribution in [-0.4, -0.2) is 13.1 Å². The highest BCUT2D eigenvalue weighted by atomic mass is 15.2. The van der Waals surface area contributed by atoms with Gasteiger partial charge in [-0.05, 0) is 71.7 Å². The van der Waals surface area contributed by atoms with Crippen molar-refractivity contribution in [3.05, 3.63) is 119 Å². The minimum absolute atomic E-state index is 0.0335. The molecule has 0 spiro atoms. The molecule has 1 heterocycles. The third-order valence-corrected chi connectivity index (χ3v) is 8.50. The zero-order valence-corrected chi connectivity index (χ0v) is 24.9. The topological polar surface area (TPSA) is 41.3 Å². The van der Waals surface area contributed by atoms with E-state index in [0.717, 1.165) is 50.0 Å². The number of anilines is 2. The molecule has 0 bridgehead atoms. The fourth-order valence-electron chi connectivity index (χ4n) is 5.90. The Labute approximate surface area is 236 Å². The van der Waals surface area contributed by atoms with Crippen LogP contribution in [0, 0.1) is 0 Å². The molecular weight excluding hydrogens is 474 g/mol. The molecule has 206 valence electrons. The number of rotatable bonds is 10. The van der Waals surface area contributed by atoms with E-state index in [-0.39, 0.29) is 10.8 Å². The van der Waals surface area contributed by atoms with Crippen molar-refractivity contribution in [2.24, 2.45) is 5.73 Å². The molecule has 1 aliphatic carbocycles. The SMILES string of the molecule is C=C(/C=C/C1=C(N)C(=C/C=C2/N(CCC)c3ccccc3C2(C)C)/CC1)C(C)(C)c1ccccc1NCCC. The van der Waals surface area contributed by atoms with Crippen molar-refractivity contribution in [3.8, 4) is 0 Å². The lowest BCUT2D eigenvalue weighted by molar-refractivity contribution is 0.629. The molecule has 39 heavy (non-hydrogen) atoms. The molecule has 0 atom stereocenters. The minimum Gasteiger partial charge on any atom is -0.398 e. The number of benzene rings is 2. The number of nitrogens with zero attached hydrogens (tertiary/aromatic N) is 1. The van der Waals surface area contributed by atoms with Crippen molar-refractivity contribution >= 4 is 11.4 Å². The smallest absolute Gasteiger partial charge is 0.0450 e. The Morgan fingerprint density at radius 2 is 1.74 bits per heavy atom. The quantitative estimate of drug-likeness (QED) is 0.307. The molecule has 3 N–H and O–H groups in total. The van der Waals surface area contributed by atoms with E-state index in [4.69, 9.17) is 5.73 Å². The number of hydrogen-bond acceptors (Lipinski definition) is 3. The first kappa shape index (κ1) is 28.5. The lowest BCUT2D eigenvalue weighted by atomic mass is 9.77. The second-order valence-electron chi connectivity index (χ2n) is 11.9. The van der Waals surface area contributed by atoms with Gasteiger partial charge in [-0.2, -0.15) is 0 Å². The summed E-state index contributed by atoms with van der Waals surface area (Å²) < 4.78 is 0. The molecule has 2 aromatic carbocycles. The summed E-state index contributed by atoms with van der Waals surface area (Å²) in [5.41, 5.74) is 17.4. The predicted octanol–water partition coefficient (Wildman–Crippen LogP) is 8.92. The summed E-state index contributed by atoms with van der Waals surface area (Å²) in [7, 11) is 0. The number of nitrogens with one attached hydrogen (secondary N) is 1. The van der Waals surface area contributed by atoms with E-state index in [2.05, 4.69) is 131 Å². The standard InChI is InChI=1S/C36H47N3/c1-8-24-38-31-16-12-10-14-29(31)35(4,5)26(3)18-19-27-20-21-28(34(27)37)22-23-33-36(6,7)30-15-11-13-17-32(30)39(33)25-9-2/h10-19,22-23,38H,3,8-9,20-21,24-25,37H2,1-2,4-7H3/b19-18+,28-22+,33-23+. The first-order valence-electron chi connectivity index (χ1n) is 14.6. The van der Waals surface area contributed by atoms with Gasteiger partial charge in [0.15, 0.2) is 0 Å². The van der Waals surface area contributed by atoms with Gasteiger partial charge in [0.1, 0.15) is 0 Å². The van der Waals surface area contributed by atoms with Crippen molar-refractivity contribution in [1.29, 1.82) is 0 Å². The van der Waals surface area contributed by atoms with Crippen molar-refractivity contribution < 1.29 is 0 Å². The van der Waals surface area contributed by atoms with Gasteiger partial charge in [0.25, 0.3) is 0 Å². The Bertz CT molecular complexity index is 1330. The molecular formula is C36H47N3. The number of para-hydroxylation sites is 2. The van der Waals surface area contributed by atoms with E-state index in [9.17, 15) is 0 Å². The summed E-state index contributed by atoms with van der Waals surface area (Å²) in [6, 6.07) is 17.4. The van der Waals surface area contributed by atoms with Gasteiger partial charge in [-0.15, -0.1) is 0 Å². The van der Waals surface area contributed by atoms with Gasteiger partial charge in [-0.3, -0.25) is 0 Å². The fraction of sp³-hybridized carbons (Fsp3) is 0.389. The monoisotopic (exact) mass is 521 g/mol. The van der Waals surface area contributed by atoms with Crippen molar-refractivity contribution in [3.63, 3.8) is 0 Å². The van der Waals surface area contributed by atoms with Gasteiger partial charge in [0, 0.05) is 46.7 Å². The summed E-state index contributed by atoms with van der Waals surface area (Å²) in [5.74, 6) is 0. The van der Waals surface area contributed by atoms with Crippen LogP contribution < -0.4 is 16.0 Å². The highest BCUT2D eigenvalue weighted by molar-refractivity contribution is 5.71. The number of allylic oxidation sites excluding steroid dienone is 8. The van der Waals surface area contributed by atoms with Gasteiger partial charge < -0.3 is 16.0 Å². The zero-order chi connectivity index (χ0) is 28.2. The third kappa shape index (κ3) is 5.64. The first-order valence-corrected chi connectivity index (χ1v) is 14.6. The first-order chi connectivity index (χ1) is 18.6. The predicted molar refractivity (Wildman–Crippen MR) is 170 cm³/mol. The highest BCUT2D eigenvalue weighted by Crippen LogP contribution is 2.47. The Hall–Kier alpha value is -3.46. The van der Waals surface area contributed by atoms with Crippen LogP contribution in [-0.2, 0) is 10.8 Å². The number of nitrogens with two attached hydrogens (primary N) is 1. The van der Waals surface area contributed by atoms with Gasteiger partial charge in [-0.25, -0.2) is 0 Å². The van der Waals surface area contributed by atoms with E-state index < -0.39 is 0 Å². The Morgan fingerprint density at radius 3 is 2.49 bits per heavy atom. The second kappa shape index (κ2) is 11.7. The van der Waals surface area contributed by atoms with Crippen LogP contribution in [0.2, 0.25) is 0 Å². The third-order valence-electron chi connectivity index (χ3n) is 8.50. The maximum atomic E-state index is 6.72. The summed E-state index contributed by atoms with van der Waals surface area (Å²) in [6.45, 7) is 20.0. The van der Waals surface area contributed by atoms with Gasteiger partial charge >= 0.3 is 0 Å². The lowest BCUT2D eigenvalue weighted by Crippen LogP contribution is -2.26. The van der Waals surface area contributed by atoms with Crippen LogP contribution in [0.25, 0.3) is 0 Å². The molecule has 3 heteroatoms. The number of fused-ring (bicyclic) bond motifs is 1. The fourth-order valence-corrected chi connectivity index (χ4v) is 5.90. The van der Waals surface area contributed by atoms with E-state index in [0.29, 0.717) is 0 Å². The number of hydrogen-bond donors (Lipinski definition) is 2. The molecule has 1 aliphatic heterocycles. The largest absolute Gasteiger partial charge is 0.398 e. The molecule has 0 saturated heterocycles. The molecule has 0 fully saturated rings. The van der Waals surface area contributed by atoms with Crippen LogP contribution in [0.1, 0.15) is 78.4 Å². The molecule has 0 unspecified atom stereocenters. The minimum atomic E-state index is -0.198. The summed E-state index contributed by atoms with van der Waals surface area (Å²) in [6.07, 6.45) is 13.1. The van der Waals surface area contributed by atoms with E-state index >= 15 is 0 Å². The molecule has 0 amide bonds. The van der Waals surface area contributed by atoms with Crippen LogP contribution in [0.4, 0.5) is 11.4 Å². The molecule has 0 saturated carbocycles. The van der Waals surface area contributed by atoms with Crippen LogP contribution in [0.5, 0.6) is 0 Å². The van der Waals surface area contributed by atoms with Crippen molar-refractivity contribution in [1.82, 2.24) is 0 Å². The highest BCUT2D eigenvalue weighted by Gasteiger charge is 2.39. The van der Waals surface area contributed by atoms with Gasteiger partial charge in [0.05, 0.1) is 0 Å². The molecule has 0 radical (unpaired) electrons. The Balaban J connectivity index is 1.56. The molecule has 3 nitrogen and oxygen atoms in total. The van der Waals surface area contributed by atoms with Gasteiger partial charge in [-0.1, -0.05) is 103 Å². The van der Waals surface area contributed by atoms with Crippen LogP contribution in [0.15, 0.2) is 108 Å². The van der Waals surface area contributed by atoms with Crippen molar-refractivity contribution in [2.45, 2.75) is 78.1 Å². The zero-order valence-electron chi connectivity index (χ0n) is 24.9. The van der Waals surface area contributed by atoms with E-state index in [1.54, 1.807) is 0 Å². The molecule has 2 aliphatic rings. The van der Waals surface area contributed by atoms with Gasteiger partial charge in [0.2, 0.25) is 0 Å². The average molecular weight is 522 g/mol. The summed E-state index contributed by atoms with van der Waals surface area (Å²) in [5, 5.41) is 3.58. The maximum absolute atomic E-state index is 6.72. The van der Waals surface area contributed by atoms with E-state index in [1.165, 1.54) is 39.3 Å². The van der Waals surface area contributed by atoms with Crippen LogP contribution in [0.3, 0.4) is 0 Å². The molecule has 2 aromatic rings. The average Bonchev–Trinajstić information content (AvgIpc) is 3.38. The summed E-state index contributed by atoms with van der Waals surface area (Å²) >= 11 is 0.